The van der Waals surface area contributed by atoms with Crippen molar-refractivity contribution in [1.82, 2.24) is 14.8 Å². The van der Waals surface area contributed by atoms with Crippen LogP contribution in [0.25, 0.3) is 0 Å². The van der Waals surface area contributed by atoms with Crippen molar-refractivity contribution in [2.75, 3.05) is 32.1 Å². The summed E-state index contributed by atoms with van der Waals surface area (Å²) in [5.74, 6) is 1.25. The van der Waals surface area contributed by atoms with Crippen LogP contribution < -0.4 is 14.4 Å². The van der Waals surface area contributed by atoms with Crippen LogP contribution in [0.15, 0.2) is 48.2 Å². The van der Waals surface area contributed by atoms with Gasteiger partial charge in [0.1, 0.15) is 18.4 Å². The molecule has 2 fully saturated rings. The summed E-state index contributed by atoms with van der Waals surface area (Å²) in [6.07, 6.45) is 6.00. The first-order valence-electron chi connectivity index (χ1n) is 12.3. The van der Waals surface area contributed by atoms with E-state index in [0.717, 1.165) is 18.4 Å². The van der Waals surface area contributed by atoms with Crippen LogP contribution in [-0.4, -0.2) is 71.9 Å². The van der Waals surface area contributed by atoms with E-state index in [1.807, 2.05) is 12.1 Å². The van der Waals surface area contributed by atoms with E-state index in [1.54, 1.807) is 43.4 Å². The molecule has 186 valence electrons. The van der Waals surface area contributed by atoms with Crippen molar-refractivity contribution in [2.24, 2.45) is 5.92 Å². The Balaban J connectivity index is 1.08. The third kappa shape index (κ3) is 4.19. The molecule has 9 nitrogen and oxygen atoms in total. The fourth-order valence-corrected chi connectivity index (χ4v) is 5.18. The Kier molecular flexibility index (Phi) is 5.43. The van der Waals surface area contributed by atoms with E-state index in [0.29, 0.717) is 48.3 Å². The fraction of sp³-hybridized carbons (Fsp3) is 0.407. The zero-order chi connectivity index (χ0) is 25.0. The van der Waals surface area contributed by atoms with Gasteiger partial charge in [0.15, 0.2) is 6.10 Å². The van der Waals surface area contributed by atoms with Gasteiger partial charge in [-0.05, 0) is 30.2 Å². The largest absolute Gasteiger partial charge is 0.479 e. The average Bonchev–Trinajstić information content (AvgIpc) is 3.15. The van der Waals surface area contributed by atoms with Gasteiger partial charge in [0.05, 0.1) is 6.20 Å². The van der Waals surface area contributed by atoms with E-state index in [4.69, 9.17) is 9.47 Å². The molecule has 1 saturated carbocycles. The van der Waals surface area contributed by atoms with Gasteiger partial charge in [-0.3, -0.25) is 14.4 Å². The quantitative estimate of drug-likeness (QED) is 0.556. The van der Waals surface area contributed by atoms with E-state index >= 15 is 0 Å². The molecule has 3 amide bonds. The number of rotatable bonds is 7. The molecule has 1 saturated heterocycles. The second-order valence-electron chi connectivity index (χ2n) is 10.0. The average molecular weight is 489 g/mol. The number of carbonyl (C=O) groups excluding carboxylic acids is 3. The number of amides is 3. The predicted molar refractivity (Wildman–Crippen MR) is 131 cm³/mol. The van der Waals surface area contributed by atoms with Crippen molar-refractivity contribution in [3.63, 3.8) is 0 Å². The summed E-state index contributed by atoms with van der Waals surface area (Å²) in [5, 5.41) is 0. The third-order valence-corrected chi connectivity index (χ3v) is 7.30. The van der Waals surface area contributed by atoms with Crippen LogP contribution in [0.5, 0.6) is 11.6 Å². The number of ether oxygens (including phenoxy) is 2. The SMILES string of the molecule is CN(C)C(=O)CN1Cc2ccc(N3CC[C@@H](Oc4ccc(O[C@@H]5CC6=C[C@H]6C5)nc4)C3=O)cc2C1=O. The number of allylic oxidation sites excluding steroid dienone is 1. The topological polar surface area (TPSA) is 92.3 Å². The predicted octanol–water partition coefficient (Wildman–Crippen LogP) is 2.41. The van der Waals surface area contributed by atoms with Crippen molar-refractivity contribution in [1.29, 1.82) is 0 Å². The second-order valence-corrected chi connectivity index (χ2v) is 10.0. The first-order valence-corrected chi connectivity index (χ1v) is 12.3. The number of aromatic nitrogens is 1. The van der Waals surface area contributed by atoms with Crippen molar-refractivity contribution in [3.8, 4) is 11.6 Å². The molecule has 0 bridgehead atoms. The summed E-state index contributed by atoms with van der Waals surface area (Å²) in [7, 11) is 3.33. The Morgan fingerprint density at radius 2 is 2.03 bits per heavy atom. The lowest BCUT2D eigenvalue weighted by Gasteiger charge is -2.18. The number of fused-ring (bicyclic) bond motifs is 2. The molecule has 3 heterocycles. The highest BCUT2D eigenvalue weighted by Crippen LogP contribution is 2.45. The van der Waals surface area contributed by atoms with Crippen LogP contribution in [0.2, 0.25) is 0 Å². The summed E-state index contributed by atoms with van der Waals surface area (Å²) in [6.45, 7) is 0.914. The Bertz CT molecular complexity index is 1270. The summed E-state index contributed by atoms with van der Waals surface area (Å²) in [4.78, 5) is 47.0. The lowest BCUT2D eigenvalue weighted by molar-refractivity contribution is -0.129. The van der Waals surface area contributed by atoms with Gasteiger partial charge in [0.2, 0.25) is 11.8 Å². The van der Waals surface area contributed by atoms with E-state index in [9.17, 15) is 14.4 Å². The minimum atomic E-state index is -0.620. The van der Waals surface area contributed by atoms with Gasteiger partial charge < -0.3 is 24.2 Å². The van der Waals surface area contributed by atoms with Crippen molar-refractivity contribution in [3.05, 3.63) is 59.3 Å². The lowest BCUT2D eigenvalue weighted by Crippen LogP contribution is -2.36. The molecule has 2 aliphatic heterocycles. The molecule has 9 heteroatoms. The van der Waals surface area contributed by atoms with Gasteiger partial charge in [-0.15, -0.1) is 0 Å². The van der Waals surface area contributed by atoms with Crippen LogP contribution in [0, 0.1) is 5.92 Å². The zero-order valence-corrected chi connectivity index (χ0v) is 20.3. The highest BCUT2D eigenvalue weighted by molar-refractivity contribution is 6.03. The normalized spacial score (nSPS) is 23.9. The van der Waals surface area contributed by atoms with Gasteiger partial charge in [-0.25, -0.2) is 4.98 Å². The number of likely N-dealkylation sites (N-methyl/N-ethyl adjacent to an activating group) is 1. The van der Waals surface area contributed by atoms with Gasteiger partial charge >= 0.3 is 0 Å². The van der Waals surface area contributed by atoms with E-state index in [-0.39, 0.29) is 30.4 Å². The molecule has 0 N–H and O–H groups in total. The van der Waals surface area contributed by atoms with Crippen molar-refractivity contribution < 1.29 is 23.9 Å². The molecule has 0 radical (unpaired) electrons. The van der Waals surface area contributed by atoms with Crippen LogP contribution in [0.3, 0.4) is 0 Å². The molecule has 3 atom stereocenters. The molecular formula is C27H28N4O5. The molecule has 0 spiro atoms. The number of hydrogen-bond donors (Lipinski definition) is 0. The lowest BCUT2D eigenvalue weighted by atomic mass is 10.1. The van der Waals surface area contributed by atoms with Gasteiger partial charge in [0, 0.05) is 63.3 Å². The highest BCUT2D eigenvalue weighted by Gasteiger charge is 2.38. The molecule has 0 unspecified atom stereocenters. The van der Waals surface area contributed by atoms with Gasteiger partial charge in [-0.1, -0.05) is 17.7 Å². The fourth-order valence-electron chi connectivity index (χ4n) is 5.18. The van der Waals surface area contributed by atoms with Crippen LogP contribution >= 0.6 is 0 Å². The Hall–Kier alpha value is -3.88. The third-order valence-electron chi connectivity index (χ3n) is 7.30. The van der Waals surface area contributed by atoms with E-state index < -0.39 is 6.10 Å². The molecule has 4 aliphatic rings. The molecular weight excluding hydrogens is 460 g/mol. The first-order chi connectivity index (χ1) is 17.4. The number of carbonyl (C=O) groups is 3. The first kappa shape index (κ1) is 22.6. The molecule has 2 aliphatic carbocycles. The molecule has 1 aromatic heterocycles. The van der Waals surface area contributed by atoms with Crippen LogP contribution in [0.4, 0.5) is 5.69 Å². The van der Waals surface area contributed by atoms with Crippen molar-refractivity contribution >= 4 is 23.4 Å². The number of pyridine rings is 1. The zero-order valence-electron chi connectivity index (χ0n) is 20.3. The van der Waals surface area contributed by atoms with Crippen LogP contribution in [0.1, 0.15) is 35.2 Å². The van der Waals surface area contributed by atoms with Gasteiger partial charge in [-0.2, -0.15) is 0 Å². The monoisotopic (exact) mass is 488 g/mol. The Morgan fingerprint density at radius 1 is 1.17 bits per heavy atom. The molecule has 36 heavy (non-hydrogen) atoms. The summed E-state index contributed by atoms with van der Waals surface area (Å²) >= 11 is 0. The van der Waals surface area contributed by atoms with Crippen LogP contribution in [-0.2, 0) is 16.1 Å². The molecule has 6 rings (SSSR count). The number of anilines is 1. The number of nitrogens with zero attached hydrogens (tertiary/aromatic N) is 4. The van der Waals surface area contributed by atoms with E-state index in [1.165, 1.54) is 15.4 Å². The summed E-state index contributed by atoms with van der Waals surface area (Å²) in [5.41, 5.74) is 3.54. The minimum absolute atomic E-state index is 0.0333. The smallest absolute Gasteiger partial charge is 0.268 e. The summed E-state index contributed by atoms with van der Waals surface area (Å²) < 4.78 is 11.9. The Morgan fingerprint density at radius 3 is 2.75 bits per heavy atom. The highest BCUT2D eigenvalue weighted by atomic mass is 16.5. The van der Waals surface area contributed by atoms with Crippen molar-refractivity contribution in [2.45, 2.75) is 38.0 Å². The van der Waals surface area contributed by atoms with Gasteiger partial charge in [0.25, 0.3) is 11.8 Å². The number of hydrogen-bond acceptors (Lipinski definition) is 6. The summed E-state index contributed by atoms with van der Waals surface area (Å²) in [6, 6.07) is 9.01. The Labute approximate surface area is 209 Å². The minimum Gasteiger partial charge on any atom is -0.479 e. The molecule has 1 aromatic carbocycles. The molecule has 2 aromatic rings. The number of benzene rings is 1. The van der Waals surface area contributed by atoms with E-state index in [2.05, 4.69) is 11.1 Å². The maximum absolute atomic E-state index is 13.1. The standard InChI is InChI=1S/C27H28N4O5/c1-29(2)25(32)15-30-14-16-3-4-19(12-22(16)26(30)33)31-8-7-23(27(31)34)35-20-5-6-24(28-13-20)36-21-10-17-9-18(17)11-21/h3-6,9,12-13,17,21,23H,7-8,10-11,14-15H2,1-2H3/t17-,21-,23+/m0/s1. The second kappa shape index (κ2) is 8.65. The maximum Gasteiger partial charge on any atom is 0.268 e. The maximum atomic E-state index is 13.1.